The first-order chi connectivity index (χ1) is 53.8. The van der Waals surface area contributed by atoms with Crippen molar-refractivity contribution >= 4 is 141 Å². The number of halogens is 2. The van der Waals surface area contributed by atoms with Gasteiger partial charge in [0, 0.05) is 81.8 Å². The molecule has 0 N–H and O–H groups in total. The summed E-state index contributed by atoms with van der Waals surface area (Å²) in [7, 11) is 0. The van der Waals surface area contributed by atoms with Gasteiger partial charge in [0.1, 0.15) is 22.8 Å². The number of rotatable bonds is 4. The number of hydrogen-bond donors (Lipinski definition) is 0. The fourth-order valence-corrected chi connectivity index (χ4v) is 22.7. The Labute approximate surface area is 705 Å². The lowest BCUT2D eigenvalue weighted by Crippen LogP contribution is -2.30. The van der Waals surface area contributed by atoms with Crippen LogP contribution in [0.2, 0.25) is 0 Å². The Bertz CT molecular complexity index is 6320. The first-order valence-corrected chi connectivity index (χ1v) is 42.6. The summed E-state index contributed by atoms with van der Waals surface area (Å²) < 4.78 is 38.6. The second-order valence-corrected chi connectivity index (χ2v) is 37.6. The Balaban J connectivity index is 0.000000141. The molecule has 586 valence electrons. The molecular weight excluding hydrogens is 1510 g/mol. The zero-order valence-electron chi connectivity index (χ0n) is 66.3. The molecule has 6 heterocycles. The fourth-order valence-electron chi connectivity index (χ4n) is 17.3. The lowest BCUT2D eigenvalue weighted by Gasteiger charge is -2.35. The van der Waals surface area contributed by atoms with Gasteiger partial charge in [0.2, 0.25) is 0 Å². The zero-order valence-corrected chi connectivity index (χ0v) is 70.4. The van der Waals surface area contributed by atoms with Crippen LogP contribution in [-0.2, 0) is 10.8 Å². The van der Waals surface area contributed by atoms with Gasteiger partial charge in [0.15, 0.2) is 0 Å². The summed E-state index contributed by atoms with van der Waals surface area (Å²) in [5, 5.41) is 11.6. The molecule has 0 fully saturated rings. The van der Waals surface area contributed by atoms with Crippen molar-refractivity contribution in [2.24, 2.45) is 0 Å². The molecule has 2 aliphatic carbocycles. The fraction of sp³-hybridized carbons (Fsp3) is 0.204. The summed E-state index contributed by atoms with van der Waals surface area (Å²) in [6, 6.07) is 89.3. The average Bonchev–Trinajstić information content (AvgIpc) is 1.50. The van der Waals surface area contributed by atoms with Crippen molar-refractivity contribution in [1.29, 1.82) is 0 Å². The molecule has 19 aromatic rings. The largest absolute Gasteiger partial charge is 0.456 e. The predicted octanol–water partition coefficient (Wildman–Crippen LogP) is 34.0. The number of fused-ring (bicyclic) bond motifs is 19. The molecule has 116 heavy (non-hydrogen) atoms. The minimum atomic E-state index is -0.405. The van der Waals surface area contributed by atoms with Gasteiger partial charge in [-0.05, 0) is 284 Å². The molecule has 13 aromatic carbocycles. The van der Waals surface area contributed by atoms with E-state index in [2.05, 4.69) is 303 Å². The van der Waals surface area contributed by atoms with E-state index in [4.69, 9.17) is 4.42 Å². The summed E-state index contributed by atoms with van der Waals surface area (Å²) in [5.41, 5.74) is 29.0. The van der Waals surface area contributed by atoms with Crippen molar-refractivity contribution in [3.63, 3.8) is 0 Å². The molecule has 0 spiro atoms. The van der Waals surface area contributed by atoms with Crippen molar-refractivity contribution in [3.8, 4) is 20.9 Å². The Morgan fingerprint density at radius 2 is 0.534 bits per heavy atom. The van der Waals surface area contributed by atoms with Crippen molar-refractivity contribution in [1.82, 2.24) is 0 Å². The quantitative estimate of drug-likeness (QED) is 0.171. The van der Waals surface area contributed by atoms with Gasteiger partial charge in [0.05, 0.1) is 20.2 Å². The predicted molar refractivity (Wildman–Crippen MR) is 511 cm³/mol. The molecular formula is C108H104F2OS5. The molecule has 1 nitrogen and oxygen atoms in total. The van der Waals surface area contributed by atoms with Gasteiger partial charge in [-0.15, -0.1) is 56.7 Å². The summed E-state index contributed by atoms with van der Waals surface area (Å²) >= 11 is 9.64. The molecule has 0 atom stereocenters. The number of furan rings is 1. The smallest absolute Gasteiger partial charge is 0.135 e. The lowest BCUT2D eigenvalue weighted by molar-refractivity contribution is 0.619. The third-order valence-corrected chi connectivity index (χ3v) is 28.6. The monoisotopic (exact) mass is 1610 g/mol. The third kappa shape index (κ3) is 14.4. The van der Waals surface area contributed by atoms with Crippen molar-refractivity contribution in [2.75, 3.05) is 0 Å². The molecule has 0 radical (unpaired) electrons. The topological polar surface area (TPSA) is 13.1 Å². The van der Waals surface area contributed by atoms with Crippen LogP contribution in [0.1, 0.15) is 160 Å². The molecule has 0 saturated carbocycles. The lowest BCUT2D eigenvalue weighted by atomic mass is 9.65. The first kappa shape index (κ1) is 83.5. The van der Waals surface area contributed by atoms with Gasteiger partial charge in [-0.1, -0.05) is 232 Å². The van der Waals surface area contributed by atoms with Crippen molar-refractivity contribution in [2.45, 2.75) is 151 Å². The van der Waals surface area contributed by atoms with E-state index in [1.807, 2.05) is 68.8 Å². The van der Waals surface area contributed by atoms with Crippen LogP contribution in [0, 0.1) is 122 Å². The summed E-state index contributed by atoms with van der Waals surface area (Å²) in [5.74, 6) is -0.664. The molecule has 21 rings (SSSR count). The van der Waals surface area contributed by atoms with Gasteiger partial charge >= 0.3 is 0 Å². The third-order valence-electron chi connectivity index (χ3n) is 23.1. The second kappa shape index (κ2) is 32.6. The summed E-state index contributed by atoms with van der Waals surface area (Å²) in [4.78, 5) is 8.32. The highest BCUT2D eigenvalue weighted by molar-refractivity contribution is 7.27. The van der Waals surface area contributed by atoms with Crippen LogP contribution in [0.5, 0.6) is 0 Å². The van der Waals surface area contributed by atoms with E-state index in [0.29, 0.717) is 21.9 Å². The number of thiophene rings is 5. The van der Waals surface area contributed by atoms with Crippen LogP contribution < -0.4 is 0 Å². The molecule has 0 saturated heterocycles. The van der Waals surface area contributed by atoms with E-state index < -0.39 is 10.8 Å². The maximum absolute atomic E-state index is 13.5. The zero-order chi connectivity index (χ0) is 78.1. The normalized spacial score (nSPS) is 12.4. The van der Waals surface area contributed by atoms with Gasteiger partial charge < -0.3 is 4.42 Å². The second-order valence-electron chi connectivity index (χ2n) is 31.5. The molecule has 8 heteroatoms. The standard InChI is InChI=1S/C46H38S2.C18H16S2.C14H12O.C14H12S.C12H10F2.4CH4/c1-27-7-15-33(16-8-27)45(34-17-9-28(2)10-18-34)39-25-38-40(26-37(39)43-41(45)23-31(5)47-43)46(35-19-11-29(3)12-20-35,36-21-13-30(4)14-22-36)42-24-32(6)48-44(38)42;1-9-5-13-14(6-10(9)2)16-8-12(4)20-18(16)17-15(13)7-11(3)19-17;2*1-9-3-5-13-11(7-9)12-8-10(2)4-6-14(12)15-13;1-7-3-5-10-9(11(7)13)6-4-8(2)12(10)14;;;;/h7-26H,1-6H3;5-8H,1-4H3;2*3-8H,1-2H3;3-6H,1-2H3;4*1H4. The maximum atomic E-state index is 13.5. The molecule has 0 unspecified atom stereocenters. The van der Waals surface area contributed by atoms with Crippen LogP contribution in [0.15, 0.2) is 247 Å². The molecule has 0 bridgehead atoms. The van der Waals surface area contributed by atoms with Gasteiger partial charge in [-0.2, -0.15) is 0 Å². The van der Waals surface area contributed by atoms with Crippen molar-refractivity contribution < 1.29 is 13.2 Å². The van der Waals surface area contributed by atoms with E-state index >= 15 is 0 Å². The van der Waals surface area contributed by atoms with E-state index in [1.54, 1.807) is 38.1 Å². The van der Waals surface area contributed by atoms with Gasteiger partial charge in [-0.3, -0.25) is 0 Å². The number of aryl methyl sites for hydroxylation is 16. The Morgan fingerprint density at radius 3 is 0.871 bits per heavy atom. The van der Waals surface area contributed by atoms with E-state index in [1.165, 1.54) is 202 Å². The highest BCUT2D eigenvalue weighted by Gasteiger charge is 2.53. The van der Waals surface area contributed by atoms with Crippen LogP contribution >= 0.6 is 56.7 Å². The highest BCUT2D eigenvalue weighted by Crippen LogP contribution is 2.65. The molecule has 6 aromatic heterocycles. The van der Waals surface area contributed by atoms with Crippen molar-refractivity contribution in [3.05, 3.63) is 385 Å². The van der Waals surface area contributed by atoms with Crippen LogP contribution in [0.3, 0.4) is 0 Å². The number of benzene rings is 13. The average molecular weight is 1620 g/mol. The molecule has 2 aliphatic rings. The summed E-state index contributed by atoms with van der Waals surface area (Å²) in [6.45, 7) is 34.0. The Morgan fingerprint density at radius 1 is 0.233 bits per heavy atom. The Kier molecular flexibility index (Phi) is 23.5. The van der Waals surface area contributed by atoms with E-state index in [9.17, 15) is 8.78 Å². The van der Waals surface area contributed by atoms with Gasteiger partial charge in [-0.25, -0.2) is 8.78 Å². The maximum Gasteiger partial charge on any atom is 0.135 e. The molecule has 0 amide bonds. The number of hydrogen-bond acceptors (Lipinski definition) is 6. The SMILES string of the molecule is C.C.C.C.Cc1cc2c3cc(C)c(C)cc3c3cc(C)sc3c2s1.Cc1ccc(C2(c3ccc(C)cc3)c3cc4c(cc3-c3sc(C)cc32)C(c2ccc(C)cc2)(c2ccc(C)cc2)c2cc(C)sc2-4)cc1.Cc1ccc2c(F)c(C)ccc2c1F.Cc1ccc2oc3ccc(C)cc3c2c1.Cc1ccc2sc3ccc(C)cc3c2c1. The van der Waals surface area contributed by atoms with E-state index in [-0.39, 0.29) is 41.3 Å². The first-order valence-electron chi connectivity index (χ1n) is 38.5. The minimum Gasteiger partial charge on any atom is -0.456 e. The minimum absolute atomic E-state index is 0. The van der Waals surface area contributed by atoms with Gasteiger partial charge in [0.25, 0.3) is 0 Å². The molecule has 0 aliphatic heterocycles. The van der Waals surface area contributed by atoms with E-state index in [0.717, 1.165) is 11.2 Å². The van der Waals surface area contributed by atoms with Crippen LogP contribution in [0.25, 0.3) is 105 Å². The summed E-state index contributed by atoms with van der Waals surface area (Å²) in [6.07, 6.45) is 0. The van der Waals surface area contributed by atoms with Crippen LogP contribution in [0.4, 0.5) is 8.78 Å². The Hall–Kier alpha value is -10.4. The highest BCUT2D eigenvalue weighted by atomic mass is 32.1. The van der Waals surface area contributed by atoms with Crippen LogP contribution in [-0.4, -0.2) is 0 Å².